The van der Waals surface area contributed by atoms with E-state index in [0.717, 1.165) is 22.6 Å². The van der Waals surface area contributed by atoms with Crippen molar-refractivity contribution in [3.8, 4) is 11.5 Å². The van der Waals surface area contributed by atoms with E-state index in [9.17, 15) is 9.59 Å². The summed E-state index contributed by atoms with van der Waals surface area (Å²) in [6.45, 7) is 5.21. The molecule has 0 unspecified atom stereocenters. The molecular weight excluding hydrogens is 356 g/mol. The Hall–Kier alpha value is -3.02. The van der Waals surface area contributed by atoms with E-state index in [0.29, 0.717) is 32.7 Å². The van der Waals surface area contributed by atoms with Gasteiger partial charge >= 0.3 is 0 Å². The van der Waals surface area contributed by atoms with Crippen LogP contribution in [0.4, 0.5) is 0 Å². The van der Waals surface area contributed by atoms with Crippen molar-refractivity contribution in [1.29, 1.82) is 0 Å². The fourth-order valence-electron chi connectivity index (χ4n) is 2.66. The lowest BCUT2D eigenvalue weighted by Crippen LogP contribution is -2.39. The molecular formula is C22H28N2O4. The van der Waals surface area contributed by atoms with Crippen LogP contribution in [-0.4, -0.2) is 50.1 Å². The Balaban J connectivity index is 1.70. The second-order valence-corrected chi connectivity index (χ2v) is 6.54. The lowest BCUT2D eigenvalue weighted by atomic mass is 10.1. The van der Waals surface area contributed by atoms with Gasteiger partial charge in [0.2, 0.25) is 11.8 Å². The average Bonchev–Trinajstić information content (AvgIpc) is 2.69. The molecule has 0 bridgehead atoms. The Morgan fingerprint density at radius 2 is 1.61 bits per heavy atom. The van der Waals surface area contributed by atoms with Gasteiger partial charge in [-0.1, -0.05) is 29.8 Å². The minimum absolute atomic E-state index is 0.0499. The van der Waals surface area contributed by atoms with Gasteiger partial charge in [-0.2, -0.15) is 0 Å². The molecule has 0 atom stereocenters. The number of nitrogens with zero attached hydrogens (tertiary/aromatic N) is 1. The van der Waals surface area contributed by atoms with Crippen molar-refractivity contribution in [1.82, 2.24) is 10.2 Å². The van der Waals surface area contributed by atoms with Gasteiger partial charge in [-0.15, -0.1) is 0 Å². The molecule has 0 spiro atoms. The zero-order chi connectivity index (χ0) is 20.4. The third kappa shape index (κ3) is 7.31. The van der Waals surface area contributed by atoms with E-state index in [1.165, 1.54) is 6.92 Å². The van der Waals surface area contributed by atoms with Gasteiger partial charge in [-0.25, -0.2) is 0 Å². The van der Waals surface area contributed by atoms with E-state index in [1.54, 1.807) is 12.0 Å². The van der Waals surface area contributed by atoms with E-state index in [1.807, 2.05) is 55.5 Å². The summed E-state index contributed by atoms with van der Waals surface area (Å²) < 4.78 is 10.8. The minimum Gasteiger partial charge on any atom is -0.497 e. The zero-order valence-corrected chi connectivity index (χ0v) is 16.7. The largest absolute Gasteiger partial charge is 0.497 e. The third-order valence-electron chi connectivity index (χ3n) is 4.32. The molecule has 0 fully saturated rings. The Labute approximate surface area is 166 Å². The van der Waals surface area contributed by atoms with E-state index >= 15 is 0 Å². The Kier molecular flexibility index (Phi) is 8.34. The maximum atomic E-state index is 12.1. The van der Waals surface area contributed by atoms with Crippen LogP contribution in [0.2, 0.25) is 0 Å². The number of rotatable bonds is 10. The van der Waals surface area contributed by atoms with Crippen LogP contribution in [0.1, 0.15) is 18.1 Å². The van der Waals surface area contributed by atoms with Crippen molar-refractivity contribution in [2.45, 2.75) is 20.3 Å². The molecule has 2 aromatic rings. The van der Waals surface area contributed by atoms with Crippen molar-refractivity contribution in [2.75, 3.05) is 33.4 Å². The van der Waals surface area contributed by atoms with Gasteiger partial charge in [-0.3, -0.25) is 9.59 Å². The van der Waals surface area contributed by atoms with Crippen LogP contribution in [0.3, 0.4) is 0 Å². The van der Waals surface area contributed by atoms with Crippen LogP contribution in [0.25, 0.3) is 0 Å². The van der Waals surface area contributed by atoms with E-state index in [4.69, 9.17) is 9.47 Å². The van der Waals surface area contributed by atoms with Crippen molar-refractivity contribution in [2.24, 2.45) is 0 Å². The molecule has 0 aliphatic heterocycles. The van der Waals surface area contributed by atoms with Gasteiger partial charge in [0.25, 0.3) is 0 Å². The van der Waals surface area contributed by atoms with Gasteiger partial charge in [0.15, 0.2) is 0 Å². The monoisotopic (exact) mass is 384 g/mol. The quantitative estimate of drug-likeness (QED) is 0.684. The van der Waals surface area contributed by atoms with Crippen LogP contribution in [-0.2, 0) is 16.0 Å². The summed E-state index contributed by atoms with van der Waals surface area (Å²) in [4.78, 5) is 25.5. The van der Waals surface area contributed by atoms with Crippen molar-refractivity contribution >= 4 is 11.8 Å². The molecule has 2 aromatic carbocycles. The first kappa shape index (κ1) is 21.3. The fraction of sp³-hybridized carbons (Fsp3) is 0.364. The number of amides is 2. The molecule has 0 saturated heterocycles. The highest BCUT2D eigenvalue weighted by atomic mass is 16.5. The predicted octanol–water partition coefficient (Wildman–Crippen LogP) is 2.59. The fourth-order valence-corrected chi connectivity index (χ4v) is 2.66. The summed E-state index contributed by atoms with van der Waals surface area (Å²) in [7, 11) is 1.61. The number of carbonyl (C=O) groups excluding carboxylic acids is 2. The van der Waals surface area contributed by atoms with Gasteiger partial charge in [0.1, 0.15) is 18.1 Å². The minimum atomic E-state index is -0.0539. The first-order chi connectivity index (χ1) is 13.5. The molecule has 2 rings (SSSR count). The van der Waals surface area contributed by atoms with Gasteiger partial charge in [-0.05, 0) is 36.8 Å². The normalized spacial score (nSPS) is 10.2. The second kappa shape index (κ2) is 11.0. The molecule has 0 aromatic heterocycles. The summed E-state index contributed by atoms with van der Waals surface area (Å²) in [5.41, 5.74) is 2.14. The van der Waals surface area contributed by atoms with Crippen LogP contribution in [0.5, 0.6) is 11.5 Å². The number of carbonyl (C=O) groups is 2. The first-order valence-corrected chi connectivity index (χ1v) is 9.32. The molecule has 0 heterocycles. The van der Waals surface area contributed by atoms with Crippen LogP contribution >= 0.6 is 0 Å². The second-order valence-electron chi connectivity index (χ2n) is 6.54. The number of hydrogen-bond acceptors (Lipinski definition) is 4. The van der Waals surface area contributed by atoms with Crippen LogP contribution < -0.4 is 14.8 Å². The predicted molar refractivity (Wildman–Crippen MR) is 109 cm³/mol. The molecule has 6 nitrogen and oxygen atoms in total. The maximum Gasteiger partial charge on any atom is 0.224 e. The zero-order valence-electron chi connectivity index (χ0n) is 16.7. The van der Waals surface area contributed by atoms with Gasteiger partial charge < -0.3 is 19.7 Å². The Bertz CT molecular complexity index is 757. The molecule has 0 aliphatic rings. The number of benzene rings is 2. The lowest BCUT2D eigenvalue weighted by Gasteiger charge is -2.21. The van der Waals surface area contributed by atoms with E-state index in [-0.39, 0.29) is 11.8 Å². The molecule has 2 amide bonds. The lowest BCUT2D eigenvalue weighted by molar-refractivity contribution is -0.129. The number of hydrogen-bond donors (Lipinski definition) is 1. The van der Waals surface area contributed by atoms with Crippen molar-refractivity contribution in [3.63, 3.8) is 0 Å². The summed E-state index contributed by atoms with van der Waals surface area (Å²) in [5, 5.41) is 2.86. The van der Waals surface area contributed by atoms with E-state index in [2.05, 4.69) is 5.32 Å². The highest BCUT2D eigenvalue weighted by Crippen LogP contribution is 2.16. The smallest absolute Gasteiger partial charge is 0.224 e. The van der Waals surface area contributed by atoms with Crippen LogP contribution in [0.15, 0.2) is 48.5 Å². The number of ether oxygens (including phenoxy) is 2. The number of aryl methyl sites for hydroxylation is 1. The van der Waals surface area contributed by atoms with E-state index < -0.39 is 0 Å². The molecule has 0 saturated carbocycles. The Morgan fingerprint density at radius 1 is 0.964 bits per heavy atom. The molecule has 6 heteroatoms. The number of nitrogens with one attached hydrogen (secondary N) is 1. The maximum absolute atomic E-state index is 12.1. The molecule has 150 valence electrons. The SMILES string of the molecule is COc1ccc(OCCN(CCNC(=O)Cc2ccc(C)cc2)C(C)=O)cc1. The highest BCUT2D eigenvalue weighted by molar-refractivity contribution is 5.78. The van der Waals surface area contributed by atoms with Gasteiger partial charge in [0, 0.05) is 20.0 Å². The third-order valence-corrected chi connectivity index (χ3v) is 4.32. The van der Waals surface area contributed by atoms with Crippen LogP contribution in [0, 0.1) is 6.92 Å². The van der Waals surface area contributed by atoms with Gasteiger partial charge in [0.05, 0.1) is 20.1 Å². The molecule has 28 heavy (non-hydrogen) atoms. The van der Waals surface area contributed by atoms with Crippen molar-refractivity contribution in [3.05, 3.63) is 59.7 Å². The molecule has 0 radical (unpaired) electrons. The van der Waals surface area contributed by atoms with Crippen molar-refractivity contribution < 1.29 is 19.1 Å². The molecule has 0 aliphatic carbocycles. The number of methoxy groups -OCH3 is 1. The first-order valence-electron chi connectivity index (χ1n) is 9.32. The standard InChI is InChI=1S/C22H28N2O4/c1-17-4-6-19(7-5-17)16-22(26)23-12-13-24(18(2)25)14-15-28-21-10-8-20(27-3)9-11-21/h4-11H,12-16H2,1-3H3,(H,23,26). The Morgan fingerprint density at radius 3 is 2.21 bits per heavy atom. The highest BCUT2D eigenvalue weighted by Gasteiger charge is 2.10. The summed E-state index contributed by atoms with van der Waals surface area (Å²) in [6.07, 6.45) is 0.334. The topological polar surface area (TPSA) is 67.9 Å². The average molecular weight is 384 g/mol. The summed E-state index contributed by atoms with van der Waals surface area (Å²) in [5.74, 6) is 1.38. The summed E-state index contributed by atoms with van der Waals surface area (Å²) >= 11 is 0. The molecule has 1 N–H and O–H groups in total. The summed E-state index contributed by atoms with van der Waals surface area (Å²) in [6, 6.07) is 15.2.